The van der Waals surface area contributed by atoms with Crippen molar-refractivity contribution in [3.63, 3.8) is 0 Å². The van der Waals surface area contributed by atoms with Gasteiger partial charge >= 0.3 is 0 Å². The molecule has 2 aliphatic heterocycles. The maximum Gasteiger partial charge on any atom is 0.227 e. The number of nitrogens with zero attached hydrogens (tertiary/aromatic N) is 1. The molecule has 38 heavy (non-hydrogen) atoms. The third-order valence-corrected chi connectivity index (χ3v) is 12.7. The number of rotatable bonds is 8. The Balaban J connectivity index is 1.56. The van der Waals surface area contributed by atoms with Gasteiger partial charge < -0.3 is 29.2 Å². The van der Waals surface area contributed by atoms with Gasteiger partial charge in [0.15, 0.2) is 8.32 Å². The summed E-state index contributed by atoms with van der Waals surface area (Å²) in [6, 6.07) is 10.3. The molecule has 7 nitrogen and oxygen atoms in total. The summed E-state index contributed by atoms with van der Waals surface area (Å²) in [5.74, 6) is 0.608. The van der Waals surface area contributed by atoms with Crippen molar-refractivity contribution in [1.82, 2.24) is 5.32 Å². The molecule has 0 radical (unpaired) electrons. The molecule has 2 aromatic carbocycles. The third kappa shape index (κ3) is 5.91. The van der Waals surface area contributed by atoms with Crippen LogP contribution in [-0.4, -0.2) is 57.8 Å². The minimum Gasteiger partial charge on any atom is -0.497 e. The first-order chi connectivity index (χ1) is 17.8. The maximum absolute atomic E-state index is 15.2. The molecule has 0 aliphatic carbocycles. The second-order valence-electron chi connectivity index (χ2n) is 11.9. The van der Waals surface area contributed by atoms with Crippen molar-refractivity contribution in [3.05, 3.63) is 53.3 Å². The Hall–Kier alpha value is -2.46. The zero-order chi connectivity index (χ0) is 27.7. The molecule has 2 heterocycles. The molecule has 1 saturated heterocycles. The standard InChI is InChI=1S/C29H41FN2O5Si/c1-28(2,3)38(5,6)37-25-17-31-16-15-29(25,34)19-36-24-13-12-23(30)27-22(24)11-14-26(33)32(27)18-20-7-9-21(35-4)10-8-20/h7-10,12-13,25,31,34H,11,14-19H2,1-6H3/t25-,29-/m1/s1. The summed E-state index contributed by atoms with van der Waals surface area (Å²) in [4.78, 5) is 14.4. The number of carbonyl (C=O) groups excluding carboxylic acids is 1. The highest BCUT2D eigenvalue weighted by molar-refractivity contribution is 6.74. The largest absolute Gasteiger partial charge is 0.497 e. The number of carbonyl (C=O) groups is 1. The minimum atomic E-state index is -2.14. The molecule has 0 unspecified atom stereocenters. The zero-order valence-corrected chi connectivity index (χ0v) is 24.4. The second-order valence-corrected chi connectivity index (χ2v) is 16.7. The molecule has 1 fully saturated rings. The van der Waals surface area contributed by atoms with Gasteiger partial charge in [0, 0.05) is 18.5 Å². The van der Waals surface area contributed by atoms with Crippen molar-refractivity contribution in [2.75, 3.05) is 31.7 Å². The van der Waals surface area contributed by atoms with E-state index < -0.39 is 25.8 Å². The normalized spacial score (nSPS) is 22.3. The third-order valence-electron chi connectivity index (χ3n) is 8.23. The molecular weight excluding hydrogens is 503 g/mol. The number of amides is 1. The topological polar surface area (TPSA) is 80.3 Å². The van der Waals surface area contributed by atoms with Crippen molar-refractivity contribution >= 4 is 19.9 Å². The molecule has 0 bridgehead atoms. The van der Waals surface area contributed by atoms with E-state index in [4.69, 9.17) is 13.9 Å². The van der Waals surface area contributed by atoms with Gasteiger partial charge in [-0.3, -0.25) is 4.79 Å². The number of benzene rings is 2. The van der Waals surface area contributed by atoms with Crippen LogP contribution in [0.5, 0.6) is 11.5 Å². The number of hydrogen-bond donors (Lipinski definition) is 2. The number of nitrogens with one attached hydrogen (secondary N) is 1. The Morgan fingerprint density at radius 3 is 2.53 bits per heavy atom. The lowest BCUT2D eigenvalue weighted by Gasteiger charge is -2.46. The summed E-state index contributed by atoms with van der Waals surface area (Å²) >= 11 is 0. The Bertz CT molecular complexity index is 1150. The SMILES string of the molecule is COc1ccc(CN2C(=O)CCc3c(OC[C@]4(O)CCNC[C@H]4O[Si](C)(C)C(C)(C)C)ccc(F)c32)cc1. The Morgan fingerprint density at radius 2 is 1.87 bits per heavy atom. The van der Waals surface area contributed by atoms with Crippen LogP contribution in [0.2, 0.25) is 18.1 Å². The van der Waals surface area contributed by atoms with Crippen LogP contribution >= 0.6 is 0 Å². The van der Waals surface area contributed by atoms with Gasteiger partial charge in [-0.05, 0) is 67.3 Å². The number of methoxy groups -OCH3 is 1. The van der Waals surface area contributed by atoms with Gasteiger partial charge in [-0.25, -0.2) is 4.39 Å². The van der Waals surface area contributed by atoms with Crippen molar-refractivity contribution < 1.29 is 28.2 Å². The van der Waals surface area contributed by atoms with E-state index in [-0.39, 0.29) is 36.2 Å². The minimum absolute atomic E-state index is 0.00211. The van der Waals surface area contributed by atoms with E-state index in [9.17, 15) is 9.90 Å². The van der Waals surface area contributed by atoms with E-state index in [0.29, 0.717) is 43.0 Å². The molecule has 0 aromatic heterocycles. The fourth-order valence-electron chi connectivity index (χ4n) is 4.77. The van der Waals surface area contributed by atoms with Crippen LogP contribution in [-0.2, 0) is 22.2 Å². The molecule has 9 heteroatoms. The highest BCUT2D eigenvalue weighted by Crippen LogP contribution is 2.41. The van der Waals surface area contributed by atoms with E-state index in [1.54, 1.807) is 13.2 Å². The predicted molar refractivity (Wildman–Crippen MR) is 149 cm³/mol. The summed E-state index contributed by atoms with van der Waals surface area (Å²) in [6.07, 6.45) is 0.706. The molecule has 2 atom stereocenters. The zero-order valence-electron chi connectivity index (χ0n) is 23.4. The summed E-state index contributed by atoms with van der Waals surface area (Å²) in [7, 11) is -0.542. The first-order valence-electron chi connectivity index (χ1n) is 13.3. The van der Waals surface area contributed by atoms with Crippen LogP contribution in [0.1, 0.15) is 44.7 Å². The highest BCUT2D eigenvalue weighted by Gasteiger charge is 2.47. The fourth-order valence-corrected chi connectivity index (χ4v) is 6.14. The average Bonchev–Trinajstić information content (AvgIpc) is 2.86. The monoisotopic (exact) mass is 544 g/mol. The van der Waals surface area contributed by atoms with Gasteiger partial charge in [-0.2, -0.15) is 0 Å². The molecule has 0 saturated carbocycles. The first kappa shape index (κ1) is 28.5. The molecule has 1 amide bonds. The maximum atomic E-state index is 15.2. The summed E-state index contributed by atoms with van der Waals surface area (Å²) in [5.41, 5.74) is 0.584. The van der Waals surface area contributed by atoms with E-state index in [1.807, 2.05) is 24.3 Å². The van der Waals surface area contributed by atoms with Crippen LogP contribution in [0, 0.1) is 5.82 Å². The number of ether oxygens (including phenoxy) is 2. The van der Waals surface area contributed by atoms with E-state index in [1.165, 1.54) is 11.0 Å². The lowest BCUT2D eigenvalue weighted by molar-refractivity contribution is -0.119. The molecular formula is C29H41FN2O5Si. The number of aliphatic hydroxyl groups is 1. The Kier molecular flexibility index (Phi) is 8.23. The van der Waals surface area contributed by atoms with Crippen molar-refractivity contribution in [2.24, 2.45) is 0 Å². The lowest BCUT2D eigenvalue weighted by atomic mass is 9.90. The van der Waals surface area contributed by atoms with Crippen molar-refractivity contribution in [3.8, 4) is 11.5 Å². The molecule has 0 spiro atoms. The van der Waals surface area contributed by atoms with Crippen LogP contribution < -0.4 is 19.7 Å². The molecule has 4 rings (SSSR count). The van der Waals surface area contributed by atoms with Gasteiger partial charge in [0.2, 0.25) is 5.91 Å². The van der Waals surface area contributed by atoms with Crippen LogP contribution in [0.4, 0.5) is 10.1 Å². The molecule has 2 aromatic rings. The van der Waals surface area contributed by atoms with E-state index >= 15 is 4.39 Å². The average molecular weight is 545 g/mol. The second kappa shape index (κ2) is 11.0. The number of anilines is 1. The Labute approximate surface area is 226 Å². The smallest absolute Gasteiger partial charge is 0.227 e. The van der Waals surface area contributed by atoms with Crippen molar-refractivity contribution in [1.29, 1.82) is 0 Å². The van der Waals surface area contributed by atoms with Gasteiger partial charge in [-0.1, -0.05) is 32.9 Å². The number of hydrogen-bond acceptors (Lipinski definition) is 6. The van der Waals surface area contributed by atoms with Crippen LogP contribution in [0.25, 0.3) is 0 Å². The van der Waals surface area contributed by atoms with E-state index in [0.717, 1.165) is 5.56 Å². The number of halogens is 1. The number of piperidine rings is 1. The van der Waals surface area contributed by atoms with Gasteiger partial charge in [-0.15, -0.1) is 0 Å². The fraction of sp³-hybridized carbons (Fsp3) is 0.552. The van der Waals surface area contributed by atoms with Gasteiger partial charge in [0.05, 0.1) is 25.4 Å². The lowest BCUT2D eigenvalue weighted by Crippen LogP contribution is -2.62. The van der Waals surface area contributed by atoms with Crippen LogP contribution in [0.3, 0.4) is 0 Å². The van der Waals surface area contributed by atoms with Crippen molar-refractivity contribution in [2.45, 2.75) is 76.4 Å². The van der Waals surface area contributed by atoms with E-state index in [2.05, 4.69) is 39.2 Å². The summed E-state index contributed by atoms with van der Waals surface area (Å²) < 4.78 is 33.3. The molecule has 208 valence electrons. The quantitative estimate of drug-likeness (QED) is 0.465. The summed E-state index contributed by atoms with van der Waals surface area (Å²) in [6.45, 7) is 12.3. The Morgan fingerprint density at radius 1 is 1.16 bits per heavy atom. The summed E-state index contributed by atoms with van der Waals surface area (Å²) in [5, 5.41) is 15.0. The van der Waals surface area contributed by atoms with Gasteiger partial charge in [0.25, 0.3) is 0 Å². The highest BCUT2D eigenvalue weighted by atomic mass is 28.4. The van der Waals surface area contributed by atoms with Gasteiger partial charge in [0.1, 0.15) is 29.5 Å². The number of fused-ring (bicyclic) bond motifs is 1. The predicted octanol–water partition coefficient (Wildman–Crippen LogP) is 4.81. The molecule has 2 aliphatic rings. The first-order valence-corrected chi connectivity index (χ1v) is 16.2. The van der Waals surface area contributed by atoms with Crippen LogP contribution in [0.15, 0.2) is 36.4 Å². The molecule has 2 N–H and O–H groups in total.